The van der Waals surface area contributed by atoms with Gasteiger partial charge in [-0.2, -0.15) is 0 Å². The van der Waals surface area contributed by atoms with Gasteiger partial charge in [0.2, 0.25) is 11.8 Å². The van der Waals surface area contributed by atoms with Gasteiger partial charge in [0, 0.05) is 18.5 Å². The van der Waals surface area contributed by atoms with Crippen LogP contribution in [-0.4, -0.2) is 67.6 Å². The molecule has 4 amide bonds. The van der Waals surface area contributed by atoms with E-state index in [-0.39, 0.29) is 29.6 Å². The molecule has 9 nitrogen and oxygen atoms in total. The molecule has 2 aromatic carbocycles. The minimum Gasteiger partial charge on any atom is -0.505 e. The number of likely N-dealkylation sites (tertiary alicyclic amines) is 1. The maximum absolute atomic E-state index is 14.6. The van der Waals surface area contributed by atoms with Crippen molar-refractivity contribution in [3.63, 3.8) is 0 Å². The van der Waals surface area contributed by atoms with Crippen LogP contribution in [0, 0.1) is 23.6 Å². The molecule has 1 saturated carbocycles. The van der Waals surface area contributed by atoms with Gasteiger partial charge in [0.05, 0.1) is 17.5 Å². The van der Waals surface area contributed by atoms with Gasteiger partial charge in [-0.1, -0.05) is 35.9 Å². The molecule has 4 aliphatic rings. The van der Waals surface area contributed by atoms with Gasteiger partial charge in [-0.05, 0) is 42.4 Å². The number of allylic oxidation sites excluding steroid dienone is 2. The van der Waals surface area contributed by atoms with Crippen LogP contribution >= 0.6 is 23.2 Å². The Bertz CT molecular complexity index is 1550. The van der Waals surface area contributed by atoms with Gasteiger partial charge in [-0.15, -0.1) is 23.2 Å². The molecule has 6 rings (SSSR count). The summed E-state index contributed by atoms with van der Waals surface area (Å²) < 4.78 is 14.6. The van der Waals surface area contributed by atoms with Crippen LogP contribution in [0.3, 0.4) is 0 Å². The van der Waals surface area contributed by atoms with E-state index in [0.29, 0.717) is 5.57 Å². The Morgan fingerprint density at radius 2 is 1.70 bits per heavy atom. The molecule has 2 aliphatic carbocycles. The smallest absolute Gasteiger partial charge is 0.488 e. The number of aromatic hydroxyl groups is 1. The Kier molecular flexibility index (Phi) is 5.98. The Morgan fingerprint density at radius 3 is 2.40 bits per heavy atom. The summed E-state index contributed by atoms with van der Waals surface area (Å²) in [7, 11) is -0.591. The molecule has 0 spiro atoms. The summed E-state index contributed by atoms with van der Waals surface area (Å²) in [6.07, 6.45) is 1.49. The number of para-hydroxylation sites is 1. The fourth-order valence-corrected chi connectivity index (χ4v) is 7.94. The number of hydrogen-bond donors (Lipinski definition) is 3. The molecule has 206 valence electrons. The number of carbonyl (C=O) groups is 4. The topological polar surface area (TPSA) is 135 Å². The predicted octanol–water partition coefficient (Wildman–Crippen LogP) is 1.40. The van der Waals surface area contributed by atoms with Crippen molar-refractivity contribution in [3.8, 4) is 5.75 Å². The highest BCUT2D eigenvalue weighted by atomic mass is 35.5. The number of imide groups is 2. The Balaban J connectivity index is 1.51. The zero-order chi connectivity index (χ0) is 28.9. The van der Waals surface area contributed by atoms with E-state index in [1.54, 1.807) is 6.08 Å². The van der Waals surface area contributed by atoms with Crippen molar-refractivity contribution in [2.45, 2.75) is 28.5 Å². The zero-order valence-electron chi connectivity index (χ0n) is 20.9. The summed E-state index contributed by atoms with van der Waals surface area (Å²) in [6.45, 7) is 0. The highest BCUT2D eigenvalue weighted by molar-refractivity contribution is 6.58. The van der Waals surface area contributed by atoms with Crippen molar-refractivity contribution < 1.29 is 38.7 Å². The maximum Gasteiger partial charge on any atom is 0.488 e. The Hall–Kier alpha value is -3.25. The van der Waals surface area contributed by atoms with E-state index in [1.165, 1.54) is 43.4 Å². The molecule has 0 aromatic heterocycles. The van der Waals surface area contributed by atoms with Crippen LogP contribution in [0.1, 0.15) is 24.3 Å². The molecule has 2 heterocycles. The molecule has 3 N–H and O–H groups in total. The summed E-state index contributed by atoms with van der Waals surface area (Å²) in [4.78, 5) is 52.0. The first-order valence-electron chi connectivity index (χ1n) is 12.6. The van der Waals surface area contributed by atoms with Crippen molar-refractivity contribution in [3.05, 3.63) is 65.5 Å². The number of hydrogen-bond acceptors (Lipinski definition) is 7. The van der Waals surface area contributed by atoms with Crippen LogP contribution in [0.15, 0.2) is 54.1 Å². The second kappa shape index (κ2) is 8.88. The lowest BCUT2D eigenvalue weighted by Gasteiger charge is -2.50. The average Bonchev–Trinajstić information content (AvgIpc) is 3.25. The van der Waals surface area contributed by atoms with Crippen LogP contribution in [0.25, 0.3) is 0 Å². The van der Waals surface area contributed by atoms with Crippen molar-refractivity contribution in [2.24, 2.45) is 17.8 Å². The Morgan fingerprint density at radius 1 is 1.00 bits per heavy atom. The third-order valence-electron chi connectivity index (χ3n) is 8.77. The van der Waals surface area contributed by atoms with Crippen molar-refractivity contribution >= 4 is 65.1 Å². The number of benzene rings is 2. The van der Waals surface area contributed by atoms with E-state index < -0.39 is 75.7 Å². The van der Waals surface area contributed by atoms with E-state index in [4.69, 9.17) is 23.2 Å². The maximum atomic E-state index is 14.6. The largest absolute Gasteiger partial charge is 0.505 e. The summed E-state index contributed by atoms with van der Waals surface area (Å²) >= 11 is 14.0. The predicted molar refractivity (Wildman–Crippen MR) is 142 cm³/mol. The number of carbonyl (C=O) groups excluding carboxylic acids is 4. The average molecular weight is 587 g/mol. The van der Waals surface area contributed by atoms with Crippen LogP contribution in [-0.2, 0) is 19.2 Å². The van der Waals surface area contributed by atoms with E-state index >= 15 is 0 Å². The highest BCUT2D eigenvalue weighted by Gasteiger charge is 2.76. The van der Waals surface area contributed by atoms with Crippen molar-refractivity contribution in [2.75, 3.05) is 11.9 Å². The molecule has 13 heteroatoms. The molecule has 2 aliphatic heterocycles. The SMILES string of the molecule is CN1C(=O)[C@]2(Cl)C[C@@H]3C(=CC[C@@H]4C(=O)N(c5cccc(B(O)O)c5)C(=O)[C@@H]43)[C@H](c3cccc(F)c3O)[C@]2(Cl)C1=O. The van der Waals surface area contributed by atoms with Crippen LogP contribution in [0.4, 0.5) is 10.1 Å². The van der Waals surface area contributed by atoms with Gasteiger partial charge in [-0.25, -0.2) is 4.39 Å². The molecule has 0 radical (unpaired) electrons. The molecule has 3 fully saturated rings. The molecule has 2 saturated heterocycles. The fourth-order valence-electron chi connectivity index (χ4n) is 6.93. The normalized spacial score (nSPS) is 33.1. The van der Waals surface area contributed by atoms with Gasteiger partial charge in [-0.3, -0.25) is 29.0 Å². The molecular weight excluding hydrogens is 565 g/mol. The van der Waals surface area contributed by atoms with Crippen molar-refractivity contribution in [1.82, 2.24) is 4.90 Å². The van der Waals surface area contributed by atoms with Crippen molar-refractivity contribution in [1.29, 1.82) is 0 Å². The lowest BCUT2D eigenvalue weighted by Crippen LogP contribution is -2.60. The minimum atomic E-state index is -2.14. The summed E-state index contributed by atoms with van der Waals surface area (Å²) in [5, 5.41) is 29.9. The number of amides is 4. The standard InChI is InChI=1S/C27H22BCl2FN2O7/c1-32-24(37)26(29)11-17-14(20(27(26,30)25(32)38)16-6-3-7-18(31)21(16)34)8-9-15-19(17)23(36)33(22(15)35)13-5-2-4-12(10-13)28(39)40/h2-8,10,15,17,19-20,34,39-40H,9,11H2,1H3/t15-,17+,19-,20+,26+,27-/m0/s1. The monoisotopic (exact) mass is 586 g/mol. The van der Waals surface area contributed by atoms with E-state index in [1.807, 2.05) is 0 Å². The summed E-state index contributed by atoms with van der Waals surface area (Å²) in [5.74, 6) is -8.43. The third kappa shape index (κ3) is 3.29. The van der Waals surface area contributed by atoms with Gasteiger partial charge >= 0.3 is 7.12 Å². The number of nitrogens with zero attached hydrogens (tertiary/aromatic N) is 2. The highest BCUT2D eigenvalue weighted by Crippen LogP contribution is 2.66. The van der Waals surface area contributed by atoms with Gasteiger partial charge < -0.3 is 15.2 Å². The van der Waals surface area contributed by atoms with Crippen LogP contribution < -0.4 is 10.4 Å². The van der Waals surface area contributed by atoms with Crippen LogP contribution in [0.2, 0.25) is 0 Å². The number of rotatable bonds is 3. The quantitative estimate of drug-likeness (QED) is 0.214. The molecule has 0 bridgehead atoms. The minimum absolute atomic E-state index is 0.0656. The van der Waals surface area contributed by atoms with Gasteiger partial charge in [0.25, 0.3) is 11.8 Å². The van der Waals surface area contributed by atoms with E-state index in [9.17, 15) is 38.7 Å². The first-order chi connectivity index (χ1) is 18.8. The zero-order valence-corrected chi connectivity index (χ0v) is 22.4. The number of phenols is 1. The lowest BCUT2D eigenvalue weighted by molar-refractivity contribution is -0.138. The lowest BCUT2D eigenvalue weighted by atomic mass is 9.56. The summed E-state index contributed by atoms with van der Waals surface area (Å²) in [6, 6.07) is 9.46. The number of fused-ring (bicyclic) bond motifs is 4. The van der Waals surface area contributed by atoms with E-state index in [0.717, 1.165) is 15.9 Å². The summed E-state index contributed by atoms with van der Waals surface area (Å²) in [5.41, 5.74) is 0.568. The number of anilines is 1. The fraction of sp³-hybridized carbons (Fsp3) is 0.333. The Labute approximate surface area is 237 Å². The van der Waals surface area contributed by atoms with Crippen LogP contribution in [0.5, 0.6) is 5.75 Å². The van der Waals surface area contributed by atoms with Gasteiger partial charge in [0.15, 0.2) is 21.3 Å². The number of alkyl halides is 2. The van der Waals surface area contributed by atoms with Gasteiger partial charge in [0.1, 0.15) is 0 Å². The number of phenolic OH excluding ortho intramolecular Hbond substituents is 1. The first-order valence-corrected chi connectivity index (χ1v) is 13.3. The number of halogens is 3. The second-order valence-electron chi connectivity index (χ2n) is 10.7. The third-order valence-corrected chi connectivity index (χ3v) is 10.2. The molecule has 40 heavy (non-hydrogen) atoms. The molecule has 6 atom stereocenters. The molecular formula is C27H22BCl2FN2O7. The molecule has 2 aromatic rings. The van der Waals surface area contributed by atoms with E-state index in [2.05, 4.69) is 0 Å². The molecule has 0 unspecified atom stereocenters. The first kappa shape index (κ1) is 27.0. The second-order valence-corrected chi connectivity index (χ2v) is 11.9.